The topological polar surface area (TPSA) is 35.5 Å². The first-order valence-corrected chi connectivity index (χ1v) is 10.5. The molecule has 0 N–H and O–H groups in total. The summed E-state index contributed by atoms with van der Waals surface area (Å²) in [5.41, 5.74) is 3.23. The van der Waals surface area contributed by atoms with Crippen LogP contribution in [0.2, 0.25) is 0 Å². The molecule has 5 aliphatic rings. The molecule has 0 spiro atoms. The quantitative estimate of drug-likeness (QED) is 0.706. The summed E-state index contributed by atoms with van der Waals surface area (Å²) in [4.78, 5) is 12.1. The number of hydrogen-bond acceptors (Lipinski definition) is 3. The fraction of sp³-hybridized carbons (Fsp3) is 0.783. The predicted octanol–water partition coefficient (Wildman–Crippen LogP) is 4.33. The van der Waals surface area contributed by atoms with Gasteiger partial charge in [-0.25, -0.2) is 0 Å². The summed E-state index contributed by atoms with van der Waals surface area (Å²) in [5, 5.41) is 0. The van der Waals surface area contributed by atoms with Gasteiger partial charge in [0.15, 0.2) is 5.78 Å². The maximum atomic E-state index is 12.1. The van der Waals surface area contributed by atoms with Crippen LogP contribution in [0.5, 0.6) is 0 Å². The molecule has 1 saturated heterocycles. The second kappa shape index (κ2) is 5.78. The highest BCUT2D eigenvalue weighted by molar-refractivity contribution is 5.92. The van der Waals surface area contributed by atoms with E-state index in [1.807, 2.05) is 6.08 Å². The summed E-state index contributed by atoms with van der Waals surface area (Å²) in [6, 6.07) is 0. The molecule has 3 heteroatoms. The van der Waals surface area contributed by atoms with Crippen LogP contribution >= 0.6 is 0 Å². The number of ketones is 1. The largest absolute Gasteiger partial charge is 0.380 e. The minimum absolute atomic E-state index is 0.185. The normalized spacial score (nSPS) is 49.2. The van der Waals surface area contributed by atoms with E-state index in [1.54, 1.807) is 7.11 Å². The number of methoxy groups -OCH3 is 1. The third-order valence-corrected chi connectivity index (χ3v) is 9.05. The molecule has 4 aliphatic carbocycles. The van der Waals surface area contributed by atoms with Crippen LogP contribution in [0.1, 0.15) is 51.9 Å². The average molecular weight is 357 g/mol. The van der Waals surface area contributed by atoms with Crippen molar-refractivity contribution in [1.82, 2.24) is 0 Å². The van der Waals surface area contributed by atoms with Crippen molar-refractivity contribution >= 4 is 5.78 Å². The van der Waals surface area contributed by atoms with Gasteiger partial charge in [0.2, 0.25) is 0 Å². The lowest BCUT2D eigenvalue weighted by Gasteiger charge is -2.57. The molecule has 0 amide bonds. The SMILES string of the molecule is C=C(COC)[C@H]1CCC2C3C[C@@H]4OC[C@@]5(CCC(=O)C=C45)C3CC[C@@]21C. The Labute approximate surface area is 157 Å². The summed E-state index contributed by atoms with van der Waals surface area (Å²) in [7, 11) is 1.78. The van der Waals surface area contributed by atoms with Gasteiger partial charge in [-0.15, -0.1) is 0 Å². The molecule has 1 heterocycles. The highest BCUT2D eigenvalue weighted by Gasteiger charge is 2.64. The molecule has 0 aromatic heterocycles. The highest BCUT2D eigenvalue weighted by Crippen LogP contribution is 2.69. The summed E-state index contributed by atoms with van der Waals surface area (Å²) in [5.74, 6) is 3.18. The van der Waals surface area contributed by atoms with Crippen molar-refractivity contribution < 1.29 is 14.3 Å². The van der Waals surface area contributed by atoms with Crippen LogP contribution in [0.25, 0.3) is 0 Å². The van der Waals surface area contributed by atoms with Gasteiger partial charge >= 0.3 is 0 Å². The molecule has 0 aromatic carbocycles. The minimum atomic E-state index is 0.185. The minimum Gasteiger partial charge on any atom is -0.380 e. The fourth-order valence-electron chi connectivity index (χ4n) is 8.00. The Morgan fingerprint density at radius 2 is 2.15 bits per heavy atom. The van der Waals surface area contributed by atoms with E-state index in [-0.39, 0.29) is 11.5 Å². The summed E-state index contributed by atoms with van der Waals surface area (Å²) < 4.78 is 11.7. The molecule has 1 aliphatic heterocycles. The van der Waals surface area contributed by atoms with Gasteiger partial charge < -0.3 is 9.47 Å². The maximum Gasteiger partial charge on any atom is 0.155 e. The van der Waals surface area contributed by atoms with Crippen molar-refractivity contribution in [3.05, 3.63) is 23.8 Å². The van der Waals surface area contributed by atoms with E-state index in [0.717, 1.165) is 37.7 Å². The molecule has 5 rings (SSSR count). The third kappa shape index (κ3) is 2.10. The molecule has 3 saturated carbocycles. The first-order chi connectivity index (χ1) is 12.5. The second-order valence-corrected chi connectivity index (χ2v) is 9.90. The summed E-state index contributed by atoms with van der Waals surface area (Å²) >= 11 is 0. The van der Waals surface area contributed by atoms with Gasteiger partial charge in [0.05, 0.1) is 19.3 Å². The molecule has 2 bridgehead atoms. The molecule has 0 aromatic rings. The Balaban J connectivity index is 1.48. The van der Waals surface area contributed by atoms with Gasteiger partial charge in [-0.05, 0) is 84.8 Å². The lowest BCUT2D eigenvalue weighted by molar-refractivity contribution is -0.117. The summed E-state index contributed by atoms with van der Waals surface area (Å²) in [6.45, 7) is 8.48. The average Bonchev–Trinajstić information content (AvgIpc) is 3.09. The lowest BCUT2D eigenvalue weighted by atomic mass is 9.46. The number of ether oxygens (including phenoxy) is 2. The monoisotopic (exact) mass is 356 g/mol. The number of hydrogen-bond donors (Lipinski definition) is 0. The molecule has 26 heavy (non-hydrogen) atoms. The Bertz CT molecular complexity index is 679. The number of carbonyl (C=O) groups excluding carboxylic acids is 1. The van der Waals surface area contributed by atoms with E-state index in [2.05, 4.69) is 13.5 Å². The second-order valence-electron chi connectivity index (χ2n) is 9.90. The Morgan fingerprint density at radius 1 is 1.31 bits per heavy atom. The molecule has 3 unspecified atom stereocenters. The lowest BCUT2D eigenvalue weighted by Crippen LogP contribution is -2.52. The van der Waals surface area contributed by atoms with Crippen molar-refractivity contribution in [3.8, 4) is 0 Å². The van der Waals surface area contributed by atoms with Crippen LogP contribution in [0.4, 0.5) is 0 Å². The number of rotatable bonds is 3. The van der Waals surface area contributed by atoms with Crippen LogP contribution in [-0.2, 0) is 14.3 Å². The van der Waals surface area contributed by atoms with Crippen LogP contribution in [0.15, 0.2) is 23.8 Å². The summed E-state index contributed by atoms with van der Waals surface area (Å²) in [6.07, 6.45) is 10.2. The van der Waals surface area contributed by atoms with Gasteiger partial charge in [-0.3, -0.25) is 4.79 Å². The molecule has 0 radical (unpaired) electrons. The molecule has 7 atom stereocenters. The standard InChI is InChI=1S/C23H32O3/c1-14(12-25-3)17-4-5-18-16-11-21-20-10-15(24)6-9-23(20,13-26-21)19(16)7-8-22(17,18)2/h10,16-19,21H,1,4-9,11-13H2,2-3H3/t16?,17-,18?,19?,21+,22-,23+/m1/s1. The van der Waals surface area contributed by atoms with Crippen LogP contribution in [0, 0.1) is 34.5 Å². The van der Waals surface area contributed by atoms with Crippen molar-refractivity contribution in [2.45, 2.75) is 58.0 Å². The Kier molecular flexibility index (Phi) is 3.82. The zero-order chi connectivity index (χ0) is 18.1. The van der Waals surface area contributed by atoms with E-state index < -0.39 is 0 Å². The first kappa shape index (κ1) is 17.2. The number of fused-ring (bicyclic) bond motifs is 3. The van der Waals surface area contributed by atoms with Gasteiger partial charge in [0.1, 0.15) is 0 Å². The first-order valence-electron chi connectivity index (χ1n) is 10.5. The van der Waals surface area contributed by atoms with Crippen LogP contribution < -0.4 is 0 Å². The fourth-order valence-corrected chi connectivity index (χ4v) is 8.00. The van der Waals surface area contributed by atoms with E-state index in [9.17, 15) is 4.79 Å². The third-order valence-electron chi connectivity index (χ3n) is 9.05. The maximum absolute atomic E-state index is 12.1. The molecule has 3 nitrogen and oxygen atoms in total. The predicted molar refractivity (Wildman–Crippen MR) is 101 cm³/mol. The van der Waals surface area contributed by atoms with Crippen LogP contribution in [0.3, 0.4) is 0 Å². The Morgan fingerprint density at radius 3 is 2.96 bits per heavy atom. The van der Waals surface area contributed by atoms with E-state index in [4.69, 9.17) is 9.47 Å². The van der Waals surface area contributed by atoms with Crippen molar-refractivity contribution in [2.75, 3.05) is 20.3 Å². The highest BCUT2D eigenvalue weighted by atomic mass is 16.5. The van der Waals surface area contributed by atoms with Gasteiger partial charge in [0.25, 0.3) is 0 Å². The molecular weight excluding hydrogens is 324 g/mol. The van der Waals surface area contributed by atoms with Gasteiger partial charge in [0, 0.05) is 18.9 Å². The number of carbonyl (C=O) groups is 1. The van der Waals surface area contributed by atoms with Crippen molar-refractivity contribution in [2.24, 2.45) is 34.5 Å². The van der Waals surface area contributed by atoms with E-state index in [1.165, 1.54) is 36.8 Å². The van der Waals surface area contributed by atoms with Gasteiger partial charge in [-0.1, -0.05) is 13.5 Å². The molecule has 142 valence electrons. The van der Waals surface area contributed by atoms with E-state index >= 15 is 0 Å². The van der Waals surface area contributed by atoms with E-state index in [0.29, 0.717) is 29.6 Å². The van der Waals surface area contributed by atoms with Gasteiger partial charge in [-0.2, -0.15) is 0 Å². The van der Waals surface area contributed by atoms with Crippen molar-refractivity contribution in [3.63, 3.8) is 0 Å². The Hall–Kier alpha value is -0.930. The smallest absolute Gasteiger partial charge is 0.155 e. The zero-order valence-electron chi connectivity index (χ0n) is 16.3. The zero-order valence-corrected chi connectivity index (χ0v) is 16.3. The molecular formula is C23H32O3. The molecule has 4 fully saturated rings. The van der Waals surface area contributed by atoms with Crippen LogP contribution in [-0.4, -0.2) is 32.2 Å². The van der Waals surface area contributed by atoms with Crippen molar-refractivity contribution in [1.29, 1.82) is 0 Å².